The molecule has 1 heterocycles. The second-order valence-electron chi connectivity index (χ2n) is 5.79. The molecule has 19 heavy (non-hydrogen) atoms. The van der Waals surface area contributed by atoms with Crippen molar-refractivity contribution in [3.05, 3.63) is 36.1 Å². The van der Waals surface area contributed by atoms with Gasteiger partial charge in [0, 0.05) is 18.0 Å². The molecule has 0 aliphatic carbocycles. The molecule has 0 radical (unpaired) electrons. The number of nitrogens with zero attached hydrogens (tertiary/aromatic N) is 1. The molecule has 1 N–H and O–H groups in total. The molecule has 4 heteroatoms. The third-order valence-electron chi connectivity index (χ3n) is 2.70. The summed E-state index contributed by atoms with van der Waals surface area (Å²) in [5.74, 6) is 0.785. The van der Waals surface area contributed by atoms with E-state index in [1.807, 2.05) is 51.1 Å². The molecule has 0 bridgehead atoms. The highest BCUT2D eigenvalue weighted by molar-refractivity contribution is 5.78. The number of fused-ring (bicyclic) bond motifs is 1. The number of furan rings is 1. The molecular formula is C15H20N2O2. The molecule has 0 unspecified atom stereocenters. The minimum Gasteiger partial charge on any atom is -0.459 e. The Morgan fingerprint density at radius 3 is 2.63 bits per heavy atom. The summed E-state index contributed by atoms with van der Waals surface area (Å²) in [4.78, 5) is 13.6. The lowest BCUT2D eigenvalue weighted by molar-refractivity contribution is 0.194. The summed E-state index contributed by atoms with van der Waals surface area (Å²) in [7, 11) is 1.76. The fourth-order valence-electron chi connectivity index (χ4n) is 1.84. The van der Waals surface area contributed by atoms with Gasteiger partial charge in [0.15, 0.2) is 0 Å². The topological polar surface area (TPSA) is 45.5 Å². The second-order valence-corrected chi connectivity index (χ2v) is 5.79. The highest BCUT2D eigenvalue weighted by Crippen LogP contribution is 2.19. The van der Waals surface area contributed by atoms with Crippen molar-refractivity contribution in [2.75, 3.05) is 7.05 Å². The van der Waals surface area contributed by atoms with E-state index >= 15 is 0 Å². The molecule has 2 amide bonds. The minimum absolute atomic E-state index is 0.104. The number of amides is 2. The van der Waals surface area contributed by atoms with Crippen LogP contribution in [0.1, 0.15) is 26.5 Å². The molecule has 0 aliphatic heterocycles. The normalized spacial score (nSPS) is 11.6. The molecule has 0 saturated carbocycles. The van der Waals surface area contributed by atoms with E-state index in [1.165, 1.54) is 0 Å². The van der Waals surface area contributed by atoms with Gasteiger partial charge in [-0.25, -0.2) is 4.79 Å². The number of benzene rings is 1. The first kappa shape index (κ1) is 13.5. The lowest BCUT2D eigenvalue weighted by Crippen LogP contribution is -2.46. The van der Waals surface area contributed by atoms with Crippen molar-refractivity contribution in [2.45, 2.75) is 32.9 Å². The van der Waals surface area contributed by atoms with Crippen molar-refractivity contribution in [3.8, 4) is 0 Å². The number of urea groups is 1. The summed E-state index contributed by atoms with van der Waals surface area (Å²) in [6, 6.07) is 9.69. The lowest BCUT2D eigenvalue weighted by Gasteiger charge is -2.25. The van der Waals surface area contributed by atoms with Gasteiger partial charge in [-0.15, -0.1) is 0 Å². The summed E-state index contributed by atoms with van der Waals surface area (Å²) >= 11 is 0. The Labute approximate surface area is 113 Å². The Morgan fingerprint density at radius 1 is 1.32 bits per heavy atom. The van der Waals surface area contributed by atoms with Gasteiger partial charge in [0.25, 0.3) is 0 Å². The quantitative estimate of drug-likeness (QED) is 0.899. The van der Waals surface area contributed by atoms with Gasteiger partial charge in [-0.1, -0.05) is 18.2 Å². The Balaban J connectivity index is 2.06. The molecule has 1 aromatic heterocycles. The number of carbonyl (C=O) groups is 1. The van der Waals surface area contributed by atoms with Crippen LogP contribution in [-0.2, 0) is 6.54 Å². The zero-order valence-corrected chi connectivity index (χ0v) is 11.9. The van der Waals surface area contributed by atoms with Gasteiger partial charge in [0.2, 0.25) is 0 Å². The van der Waals surface area contributed by atoms with E-state index in [0.717, 1.165) is 16.7 Å². The van der Waals surface area contributed by atoms with Crippen molar-refractivity contribution in [3.63, 3.8) is 0 Å². The maximum atomic E-state index is 12.0. The van der Waals surface area contributed by atoms with E-state index < -0.39 is 0 Å². The number of hydrogen-bond donors (Lipinski definition) is 1. The SMILES string of the molecule is CN(Cc1cc2ccccc2o1)C(=O)NC(C)(C)C. The Bertz CT molecular complexity index is 548. The maximum absolute atomic E-state index is 12.0. The molecular weight excluding hydrogens is 240 g/mol. The Kier molecular flexibility index (Phi) is 3.51. The van der Waals surface area contributed by atoms with Crippen LogP contribution in [0.5, 0.6) is 0 Å². The van der Waals surface area contributed by atoms with Gasteiger partial charge in [-0.2, -0.15) is 0 Å². The van der Waals surface area contributed by atoms with Crippen LogP contribution < -0.4 is 5.32 Å². The predicted octanol–water partition coefficient (Wildman–Crippen LogP) is 3.37. The molecule has 4 nitrogen and oxygen atoms in total. The van der Waals surface area contributed by atoms with Gasteiger partial charge >= 0.3 is 6.03 Å². The highest BCUT2D eigenvalue weighted by Gasteiger charge is 2.18. The van der Waals surface area contributed by atoms with Crippen LogP contribution in [0.3, 0.4) is 0 Å². The number of hydrogen-bond acceptors (Lipinski definition) is 2. The third kappa shape index (κ3) is 3.50. The van der Waals surface area contributed by atoms with Crippen molar-refractivity contribution < 1.29 is 9.21 Å². The van der Waals surface area contributed by atoms with Crippen LogP contribution in [0.25, 0.3) is 11.0 Å². The highest BCUT2D eigenvalue weighted by atomic mass is 16.3. The van der Waals surface area contributed by atoms with Crippen LogP contribution >= 0.6 is 0 Å². The number of para-hydroxylation sites is 1. The monoisotopic (exact) mass is 260 g/mol. The van der Waals surface area contributed by atoms with Crippen LogP contribution in [0.4, 0.5) is 4.79 Å². The van der Waals surface area contributed by atoms with Crippen molar-refractivity contribution in [1.29, 1.82) is 0 Å². The molecule has 2 rings (SSSR count). The summed E-state index contributed by atoms with van der Waals surface area (Å²) in [6.07, 6.45) is 0. The first-order valence-electron chi connectivity index (χ1n) is 6.36. The van der Waals surface area contributed by atoms with E-state index in [4.69, 9.17) is 4.42 Å². The zero-order valence-electron chi connectivity index (χ0n) is 11.9. The van der Waals surface area contributed by atoms with E-state index in [9.17, 15) is 4.79 Å². The number of rotatable bonds is 2. The summed E-state index contributed by atoms with van der Waals surface area (Å²) < 4.78 is 5.70. The fraction of sp³-hybridized carbons (Fsp3) is 0.400. The molecule has 2 aromatic rings. The van der Waals surface area contributed by atoms with E-state index in [-0.39, 0.29) is 11.6 Å². The van der Waals surface area contributed by atoms with Gasteiger partial charge < -0.3 is 14.6 Å². The third-order valence-corrected chi connectivity index (χ3v) is 2.70. The molecule has 0 spiro atoms. The van der Waals surface area contributed by atoms with E-state index in [0.29, 0.717) is 6.54 Å². The standard InChI is InChI=1S/C15H20N2O2/c1-15(2,3)16-14(18)17(4)10-12-9-11-7-5-6-8-13(11)19-12/h5-9H,10H2,1-4H3,(H,16,18). The lowest BCUT2D eigenvalue weighted by atomic mass is 10.1. The maximum Gasteiger partial charge on any atom is 0.317 e. The second kappa shape index (κ2) is 4.96. The van der Waals surface area contributed by atoms with Gasteiger partial charge in [-0.05, 0) is 32.9 Å². The van der Waals surface area contributed by atoms with Gasteiger partial charge in [0.1, 0.15) is 11.3 Å². The van der Waals surface area contributed by atoms with Crippen molar-refractivity contribution in [2.24, 2.45) is 0 Å². The fourth-order valence-corrected chi connectivity index (χ4v) is 1.84. The first-order chi connectivity index (χ1) is 8.85. The van der Waals surface area contributed by atoms with E-state index in [1.54, 1.807) is 11.9 Å². The molecule has 0 fully saturated rings. The summed E-state index contributed by atoms with van der Waals surface area (Å²) in [6.45, 7) is 6.33. The van der Waals surface area contributed by atoms with Crippen LogP contribution in [0.15, 0.2) is 34.7 Å². The van der Waals surface area contributed by atoms with Crippen molar-refractivity contribution >= 4 is 17.0 Å². The summed E-state index contributed by atoms with van der Waals surface area (Å²) in [5.41, 5.74) is 0.612. The average Bonchev–Trinajstić information content (AvgIpc) is 2.68. The van der Waals surface area contributed by atoms with Crippen LogP contribution in [0, 0.1) is 0 Å². The van der Waals surface area contributed by atoms with Crippen LogP contribution in [0.2, 0.25) is 0 Å². The van der Waals surface area contributed by atoms with Gasteiger partial charge in [-0.3, -0.25) is 0 Å². The number of carbonyl (C=O) groups excluding carboxylic acids is 1. The summed E-state index contributed by atoms with van der Waals surface area (Å²) in [5, 5.41) is 3.98. The van der Waals surface area contributed by atoms with Crippen molar-refractivity contribution in [1.82, 2.24) is 10.2 Å². The Hall–Kier alpha value is -1.97. The van der Waals surface area contributed by atoms with Crippen LogP contribution in [-0.4, -0.2) is 23.5 Å². The number of nitrogens with one attached hydrogen (secondary N) is 1. The van der Waals surface area contributed by atoms with E-state index in [2.05, 4.69) is 5.32 Å². The smallest absolute Gasteiger partial charge is 0.317 e. The average molecular weight is 260 g/mol. The molecule has 0 saturated heterocycles. The minimum atomic E-state index is -0.237. The molecule has 1 aromatic carbocycles. The largest absolute Gasteiger partial charge is 0.459 e. The van der Waals surface area contributed by atoms with Gasteiger partial charge in [0.05, 0.1) is 6.54 Å². The zero-order chi connectivity index (χ0) is 14.0. The molecule has 0 aliphatic rings. The molecule has 102 valence electrons. The molecule has 0 atom stereocenters. The Morgan fingerprint density at radius 2 is 2.00 bits per heavy atom. The first-order valence-corrected chi connectivity index (χ1v) is 6.36. The predicted molar refractivity (Wildman–Crippen MR) is 76.0 cm³/mol.